The monoisotopic (exact) mass is 406 g/mol. The van der Waals surface area contributed by atoms with Gasteiger partial charge in [-0.05, 0) is 13.1 Å². The van der Waals surface area contributed by atoms with Gasteiger partial charge < -0.3 is 0 Å². The topological polar surface area (TPSA) is 0 Å². The van der Waals surface area contributed by atoms with E-state index in [0.29, 0.717) is 0 Å². The van der Waals surface area contributed by atoms with Crippen molar-refractivity contribution in [2.75, 3.05) is 0 Å². The van der Waals surface area contributed by atoms with Crippen LogP contribution in [-0.4, -0.2) is 6.69 Å². The van der Waals surface area contributed by atoms with E-state index < -0.39 is 6.69 Å². The van der Waals surface area contributed by atoms with E-state index in [1.807, 2.05) is 13.1 Å². The standard InChI is InChI=1S/2C9H7.C2H6Cl2Si.Ti/c2*1-2-5-9-7-3-6-8(9)4-1;1-5(2,3)4;/h2*1-7H;1-2H3;/q2*-1;;+2. The zero-order valence-corrected chi connectivity index (χ0v) is 17.9. The fourth-order valence-electron chi connectivity index (χ4n) is 2.14. The zero-order chi connectivity index (χ0) is 16.7. The molecule has 4 heteroatoms. The summed E-state index contributed by atoms with van der Waals surface area (Å²) in [5, 5.41) is 5.32. The van der Waals surface area contributed by atoms with Crippen LogP contribution < -0.4 is 0 Å². The Kier molecular flexibility index (Phi) is 9.04. The van der Waals surface area contributed by atoms with Gasteiger partial charge in [-0.3, -0.25) is 0 Å². The Morgan fingerprint density at radius 2 is 1.00 bits per heavy atom. The minimum Gasteiger partial charge on any atom is -0.168 e. The van der Waals surface area contributed by atoms with Gasteiger partial charge in [0.2, 0.25) is 6.69 Å². The Hall–Kier alpha value is -0.829. The van der Waals surface area contributed by atoms with Gasteiger partial charge in [0.1, 0.15) is 0 Å². The molecule has 0 nitrogen and oxygen atoms in total. The van der Waals surface area contributed by atoms with E-state index in [-0.39, 0.29) is 21.7 Å². The van der Waals surface area contributed by atoms with Crippen molar-refractivity contribution in [1.29, 1.82) is 0 Å². The molecule has 4 rings (SSSR count). The summed E-state index contributed by atoms with van der Waals surface area (Å²) in [6.07, 6.45) is 0. The van der Waals surface area contributed by atoms with Gasteiger partial charge in [0.25, 0.3) is 0 Å². The summed E-state index contributed by atoms with van der Waals surface area (Å²) in [5.41, 5.74) is 0. The average Bonchev–Trinajstić information content (AvgIpc) is 3.15. The van der Waals surface area contributed by atoms with E-state index >= 15 is 0 Å². The fourth-order valence-corrected chi connectivity index (χ4v) is 2.14. The summed E-state index contributed by atoms with van der Waals surface area (Å²) in [6.45, 7) is 2.05. The predicted molar refractivity (Wildman–Crippen MR) is 108 cm³/mol. The van der Waals surface area contributed by atoms with Crippen LogP contribution in [0.4, 0.5) is 0 Å². The molecule has 0 aliphatic carbocycles. The maximum Gasteiger partial charge on any atom is 2.00 e. The molecule has 0 saturated heterocycles. The van der Waals surface area contributed by atoms with E-state index in [9.17, 15) is 0 Å². The molecule has 0 heterocycles. The first kappa shape index (κ1) is 21.2. The van der Waals surface area contributed by atoms with Crippen molar-refractivity contribution in [3.05, 3.63) is 84.9 Å². The Morgan fingerprint density at radius 3 is 1.33 bits per heavy atom. The number of halogens is 2. The summed E-state index contributed by atoms with van der Waals surface area (Å²) >= 11 is 10.9. The molecule has 0 unspecified atom stereocenters. The second kappa shape index (κ2) is 10.2. The molecule has 0 saturated carbocycles. The molecule has 0 N–H and O–H groups in total. The number of rotatable bonds is 0. The average molecular weight is 407 g/mol. The van der Waals surface area contributed by atoms with E-state index in [2.05, 4.69) is 84.9 Å². The molecular formula is C20H20Cl2SiTi. The van der Waals surface area contributed by atoms with Crippen molar-refractivity contribution < 1.29 is 21.7 Å². The van der Waals surface area contributed by atoms with Crippen LogP contribution in [0.1, 0.15) is 0 Å². The fraction of sp³-hybridized carbons (Fsp3) is 0.100. The summed E-state index contributed by atoms with van der Waals surface area (Å²) in [4.78, 5) is 0. The smallest absolute Gasteiger partial charge is 0.168 e. The summed E-state index contributed by atoms with van der Waals surface area (Å²) in [6, 6.07) is 29.3. The Labute approximate surface area is 169 Å². The largest absolute Gasteiger partial charge is 2.00 e. The SMILES string of the molecule is C[Si](C)(Cl)Cl.[Ti+2].c1ccc2[cH-]ccc2c1.c1ccc2[cH-]ccc2c1. The molecule has 0 fully saturated rings. The molecular weight excluding hydrogens is 387 g/mol. The number of hydrogen-bond donors (Lipinski definition) is 0. The zero-order valence-electron chi connectivity index (χ0n) is 13.8. The summed E-state index contributed by atoms with van der Waals surface area (Å²) in [7, 11) is 0. The molecule has 0 bridgehead atoms. The first-order chi connectivity index (χ1) is 10.9. The van der Waals surface area contributed by atoms with Gasteiger partial charge in [-0.15, -0.1) is 81.5 Å². The van der Waals surface area contributed by atoms with Gasteiger partial charge in [0.05, 0.1) is 0 Å². The van der Waals surface area contributed by atoms with Crippen molar-refractivity contribution in [2.45, 2.75) is 13.1 Å². The number of benzene rings is 2. The van der Waals surface area contributed by atoms with Crippen molar-refractivity contribution in [3.63, 3.8) is 0 Å². The first-order valence-electron chi connectivity index (χ1n) is 7.52. The molecule has 0 amide bonds. The van der Waals surface area contributed by atoms with Crippen LogP contribution in [-0.2, 0) is 21.7 Å². The van der Waals surface area contributed by atoms with Gasteiger partial charge in [0.15, 0.2) is 0 Å². The first-order valence-corrected chi connectivity index (χ1v) is 12.5. The van der Waals surface area contributed by atoms with Crippen LogP contribution in [0.3, 0.4) is 0 Å². The third-order valence-electron chi connectivity index (χ3n) is 3.10. The van der Waals surface area contributed by atoms with E-state index in [0.717, 1.165) is 0 Å². The predicted octanol–water partition coefficient (Wildman–Crippen LogP) is 7.28. The molecule has 0 aliphatic heterocycles. The second-order valence-electron chi connectivity index (χ2n) is 5.64. The number of hydrogen-bond acceptors (Lipinski definition) is 0. The van der Waals surface area contributed by atoms with Crippen LogP contribution >= 0.6 is 22.2 Å². The molecule has 0 spiro atoms. The van der Waals surface area contributed by atoms with E-state index in [1.165, 1.54) is 21.5 Å². The van der Waals surface area contributed by atoms with Crippen molar-refractivity contribution in [2.24, 2.45) is 0 Å². The molecule has 0 aliphatic rings. The van der Waals surface area contributed by atoms with Gasteiger partial charge in [0, 0.05) is 0 Å². The summed E-state index contributed by atoms with van der Waals surface area (Å²) in [5.74, 6) is 0. The van der Waals surface area contributed by atoms with Crippen LogP contribution in [0.2, 0.25) is 13.1 Å². The number of fused-ring (bicyclic) bond motifs is 2. The van der Waals surface area contributed by atoms with Crippen LogP contribution in [0, 0.1) is 0 Å². The normalized spacial score (nSPS) is 10.2. The quantitative estimate of drug-likeness (QED) is 0.163. The Bertz CT molecular complexity index is 711. The molecule has 0 atom stereocenters. The van der Waals surface area contributed by atoms with Crippen molar-refractivity contribution in [1.82, 2.24) is 0 Å². The molecule has 0 radical (unpaired) electrons. The molecule has 122 valence electrons. The van der Waals surface area contributed by atoms with Crippen molar-refractivity contribution >= 4 is 50.4 Å². The minimum atomic E-state index is -1.67. The second-order valence-corrected chi connectivity index (χ2v) is 14.5. The Morgan fingerprint density at radius 1 is 0.667 bits per heavy atom. The van der Waals surface area contributed by atoms with Gasteiger partial charge in [-0.25, -0.2) is 0 Å². The maximum atomic E-state index is 5.43. The van der Waals surface area contributed by atoms with Crippen LogP contribution in [0.5, 0.6) is 0 Å². The van der Waals surface area contributed by atoms with E-state index in [1.54, 1.807) is 0 Å². The molecule has 24 heavy (non-hydrogen) atoms. The summed E-state index contributed by atoms with van der Waals surface area (Å²) < 4.78 is 0. The van der Waals surface area contributed by atoms with Gasteiger partial charge in [-0.1, -0.05) is 12.1 Å². The van der Waals surface area contributed by atoms with Crippen molar-refractivity contribution in [3.8, 4) is 0 Å². The van der Waals surface area contributed by atoms with Gasteiger partial charge in [-0.2, -0.15) is 35.0 Å². The third kappa shape index (κ3) is 7.83. The van der Waals surface area contributed by atoms with Crippen LogP contribution in [0.15, 0.2) is 84.9 Å². The third-order valence-corrected chi connectivity index (χ3v) is 3.10. The van der Waals surface area contributed by atoms with Crippen LogP contribution in [0.25, 0.3) is 21.5 Å². The molecule has 4 aromatic carbocycles. The van der Waals surface area contributed by atoms with Gasteiger partial charge >= 0.3 is 21.7 Å². The minimum absolute atomic E-state index is 0. The maximum absolute atomic E-state index is 5.43. The molecule has 4 aromatic rings. The molecule has 0 aromatic heterocycles. The van der Waals surface area contributed by atoms with E-state index in [4.69, 9.17) is 22.2 Å². The Balaban J connectivity index is 0.000000185.